The number of nitrogens with one attached hydrogen (secondary N) is 2. The first-order chi connectivity index (χ1) is 13.2. The van der Waals surface area contributed by atoms with Gasteiger partial charge in [0.15, 0.2) is 5.96 Å². The summed E-state index contributed by atoms with van der Waals surface area (Å²) in [4.78, 5) is 26.3. The van der Waals surface area contributed by atoms with Gasteiger partial charge in [-0.1, -0.05) is 0 Å². The van der Waals surface area contributed by atoms with Crippen molar-refractivity contribution in [1.82, 2.24) is 35.3 Å². The molecule has 1 unspecified atom stereocenters. The highest BCUT2D eigenvalue weighted by molar-refractivity contribution is 5.91. The predicted octanol–water partition coefficient (Wildman–Crippen LogP) is -0.411. The first kappa shape index (κ1) is 18.8. The van der Waals surface area contributed by atoms with Crippen molar-refractivity contribution in [2.24, 2.45) is 12.0 Å². The number of rotatable bonds is 5. The molecule has 10 nitrogen and oxygen atoms in total. The summed E-state index contributed by atoms with van der Waals surface area (Å²) in [5.41, 5.74) is 1.35. The number of guanidine groups is 1. The van der Waals surface area contributed by atoms with Crippen LogP contribution in [0.2, 0.25) is 0 Å². The second kappa shape index (κ2) is 9.08. The maximum atomic E-state index is 12.0. The molecule has 2 aromatic rings. The quantitative estimate of drug-likeness (QED) is 0.417. The minimum atomic E-state index is -0.247. The van der Waals surface area contributed by atoms with Crippen molar-refractivity contribution in [3.8, 4) is 0 Å². The summed E-state index contributed by atoms with van der Waals surface area (Å²) in [6.45, 7) is 3.06. The largest absolute Gasteiger partial charge is 0.370 e. The van der Waals surface area contributed by atoms with Gasteiger partial charge in [-0.25, -0.2) is 4.98 Å². The summed E-state index contributed by atoms with van der Waals surface area (Å²) in [6.07, 6.45) is 8.21. The number of carbonyl (C=O) groups is 1. The van der Waals surface area contributed by atoms with Crippen LogP contribution in [0, 0.1) is 0 Å². The number of morpholine rings is 1. The van der Waals surface area contributed by atoms with Crippen LogP contribution in [0.15, 0.2) is 36.0 Å². The molecule has 1 amide bonds. The van der Waals surface area contributed by atoms with Crippen molar-refractivity contribution in [3.63, 3.8) is 0 Å². The van der Waals surface area contributed by atoms with E-state index < -0.39 is 0 Å². The van der Waals surface area contributed by atoms with Gasteiger partial charge in [0.2, 0.25) is 0 Å². The van der Waals surface area contributed by atoms with Gasteiger partial charge in [-0.05, 0) is 0 Å². The zero-order valence-electron chi connectivity index (χ0n) is 15.5. The van der Waals surface area contributed by atoms with Gasteiger partial charge in [-0.15, -0.1) is 0 Å². The van der Waals surface area contributed by atoms with Crippen LogP contribution in [-0.4, -0.2) is 76.3 Å². The van der Waals surface area contributed by atoms with Crippen LogP contribution in [0.1, 0.15) is 22.2 Å². The number of carbonyl (C=O) groups excluding carboxylic acids is 1. The predicted molar refractivity (Wildman–Crippen MR) is 99.2 cm³/mol. The Hall–Kier alpha value is -3.01. The fourth-order valence-electron chi connectivity index (χ4n) is 2.84. The van der Waals surface area contributed by atoms with Crippen LogP contribution in [0.3, 0.4) is 0 Å². The Kier molecular flexibility index (Phi) is 6.31. The van der Waals surface area contributed by atoms with Crippen molar-refractivity contribution >= 4 is 11.9 Å². The number of aliphatic imine (C=N–C) groups is 1. The number of aryl methyl sites for hydroxylation is 1. The second-order valence-corrected chi connectivity index (χ2v) is 6.07. The molecule has 0 aromatic carbocycles. The fraction of sp³-hybridized carbons (Fsp3) is 0.471. The lowest BCUT2D eigenvalue weighted by Gasteiger charge is -2.34. The number of hydrogen-bond donors (Lipinski definition) is 2. The molecule has 10 heteroatoms. The molecule has 3 heterocycles. The fourth-order valence-corrected chi connectivity index (χ4v) is 2.84. The van der Waals surface area contributed by atoms with Gasteiger partial charge in [-0.2, -0.15) is 5.10 Å². The van der Waals surface area contributed by atoms with Crippen molar-refractivity contribution in [2.75, 3.05) is 39.8 Å². The number of hydrogen-bond acceptors (Lipinski definition) is 6. The Morgan fingerprint density at radius 3 is 2.89 bits per heavy atom. The second-order valence-electron chi connectivity index (χ2n) is 6.07. The lowest BCUT2D eigenvalue weighted by molar-refractivity contribution is -0.00800. The van der Waals surface area contributed by atoms with Crippen LogP contribution < -0.4 is 10.6 Å². The zero-order valence-corrected chi connectivity index (χ0v) is 15.5. The lowest BCUT2D eigenvalue weighted by atomic mass is 10.1. The van der Waals surface area contributed by atoms with E-state index in [4.69, 9.17) is 4.74 Å². The van der Waals surface area contributed by atoms with E-state index >= 15 is 0 Å². The Morgan fingerprint density at radius 1 is 1.33 bits per heavy atom. The Balaban J connectivity index is 1.46. The molecule has 1 aliphatic rings. The minimum Gasteiger partial charge on any atom is -0.370 e. The molecule has 0 radical (unpaired) electrons. The van der Waals surface area contributed by atoms with E-state index in [2.05, 4.69) is 35.6 Å². The molecule has 2 aromatic heterocycles. The molecule has 0 spiro atoms. The molecule has 0 saturated carbocycles. The molecular formula is C17H24N8O2. The van der Waals surface area contributed by atoms with Crippen LogP contribution in [0.5, 0.6) is 0 Å². The van der Waals surface area contributed by atoms with Gasteiger partial charge in [0.1, 0.15) is 11.8 Å². The standard InChI is InChI=1S/C17H24N8O2/c1-18-17(22-6-5-21-16(26)14-10-19-3-4-20-14)25-7-8-27-15(12-25)13-9-23-24(2)11-13/h3-4,9-11,15H,5-8,12H2,1-2H3,(H,18,22)(H,21,26). The Labute approximate surface area is 157 Å². The SMILES string of the molecule is CN=C(NCCNC(=O)c1cnccn1)N1CCOC(c2cnn(C)c2)C1. The van der Waals surface area contributed by atoms with E-state index in [1.807, 2.05) is 19.4 Å². The highest BCUT2D eigenvalue weighted by Crippen LogP contribution is 2.21. The summed E-state index contributed by atoms with van der Waals surface area (Å²) in [7, 11) is 3.63. The highest BCUT2D eigenvalue weighted by atomic mass is 16.5. The van der Waals surface area contributed by atoms with Crippen LogP contribution >= 0.6 is 0 Å². The first-order valence-electron chi connectivity index (χ1n) is 8.77. The highest BCUT2D eigenvalue weighted by Gasteiger charge is 2.25. The Morgan fingerprint density at radius 2 is 2.19 bits per heavy atom. The van der Waals surface area contributed by atoms with E-state index in [0.717, 1.165) is 18.1 Å². The molecule has 2 N–H and O–H groups in total. The zero-order chi connectivity index (χ0) is 19.1. The molecule has 1 saturated heterocycles. The third kappa shape index (κ3) is 5.00. The molecule has 0 aliphatic carbocycles. The third-order valence-corrected chi connectivity index (χ3v) is 4.16. The van der Waals surface area contributed by atoms with Crippen molar-refractivity contribution in [1.29, 1.82) is 0 Å². The van der Waals surface area contributed by atoms with E-state index in [1.54, 1.807) is 11.7 Å². The minimum absolute atomic E-state index is 0.0395. The maximum absolute atomic E-state index is 12.0. The third-order valence-electron chi connectivity index (χ3n) is 4.16. The van der Waals surface area contributed by atoms with Gasteiger partial charge >= 0.3 is 0 Å². The molecular weight excluding hydrogens is 348 g/mol. The van der Waals surface area contributed by atoms with Gasteiger partial charge in [0, 0.05) is 57.9 Å². The maximum Gasteiger partial charge on any atom is 0.271 e. The monoisotopic (exact) mass is 372 g/mol. The van der Waals surface area contributed by atoms with Crippen molar-refractivity contribution < 1.29 is 9.53 Å². The lowest BCUT2D eigenvalue weighted by Crippen LogP contribution is -2.49. The Bertz CT molecular complexity index is 776. The summed E-state index contributed by atoms with van der Waals surface area (Å²) in [6, 6.07) is 0. The molecule has 27 heavy (non-hydrogen) atoms. The molecule has 3 rings (SSSR count). The number of nitrogens with zero attached hydrogens (tertiary/aromatic N) is 6. The summed E-state index contributed by atoms with van der Waals surface area (Å²) in [5.74, 6) is 0.531. The first-order valence-corrected chi connectivity index (χ1v) is 8.77. The molecule has 1 fully saturated rings. The number of ether oxygens (including phenoxy) is 1. The average molecular weight is 372 g/mol. The summed E-state index contributed by atoms with van der Waals surface area (Å²) in [5, 5.41) is 10.3. The van der Waals surface area contributed by atoms with Gasteiger partial charge < -0.3 is 20.3 Å². The van der Waals surface area contributed by atoms with Gasteiger partial charge in [-0.3, -0.25) is 19.5 Å². The summed E-state index contributed by atoms with van der Waals surface area (Å²) < 4.78 is 7.63. The van der Waals surface area contributed by atoms with Gasteiger partial charge in [0.25, 0.3) is 5.91 Å². The van der Waals surface area contributed by atoms with E-state index in [0.29, 0.717) is 31.9 Å². The smallest absolute Gasteiger partial charge is 0.271 e. The van der Waals surface area contributed by atoms with Crippen LogP contribution in [0.4, 0.5) is 0 Å². The topological polar surface area (TPSA) is 110 Å². The normalized spacial score (nSPS) is 17.6. The van der Waals surface area contributed by atoms with E-state index in [-0.39, 0.29) is 12.0 Å². The summed E-state index contributed by atoms with van der Waals surface area (Å²) >= 11 is 0. The molecule has 0 bridgehead atoms. The van der Waals surface area contributed by atoms with E-state index in [1.165, 1.54) is 18.6 Å². The van der Waals surface area contributed by atoms with Crippen LogP contribution in [0.25, 0.3) is 0 Å². The van der Waals surface area contributed by atoms with Crippen LogP contribution in [-0.2, 0) is 11.8 Å². The van der Waals surface area contributed by atoms with Crippen molar-refractivity contribution in [2.45, 2.75) is 6.10 Å². The van der Waals surface area contributed by atoms with Crippen molar-refractivity contribution in [3.05, 3.63) is 42.2 Å². The number of aromatic nitrogens is 4. The van der Waals surface area contributed by atoms with Gasteiger partial charge in [0.05, 0.1) is 25.5 Å². The number of amides is 1. The average Bonchev–Trinajstić information content (AvgIpc) is 3.15. The van der Waals surface area contributed by atoms with E-state index in [9.17, 15) is 4.79 Å². The molecule has 1 aliphatic heterocycles. The molecule has 1 atom stereocenters. The molecule has 144 valence electrons.